The monoisotopic (exact) mass is 364 g/mol. The summed E-state index contributed by atoms with van der Waals surface area (Å²) in [6, 6.07) is 12.8. The second-order valence-electron chi connectivity index (χ2n) is 4.45. The third kappa shape index (κ3) is 4.14. The number of hydrogen-bond donors (Lipinski definition) is 2. The van der Waals surface area contributed by atoms with Gasteiger partial charge in [-0.1, -0.05) is 12.1 Å². The molecule has 0 radical (unpaired) electrons. The molecule has 2 rings (SSSR count). The Kier molecular flexibility index (Phi) is 5.66. The Balaban J connectivity index is 1.99. The van der Waals surface area contributed by atoms with E-state index in [0.717, 1.165) is 10.2 Å². The number of para-hydroxylation sites is 1. The van der Waals surface area contributed by atoms with Gasteiger partial charge in [0, 0.05) is 16.2 Å². The number of amides is 1. The number of carbonyl (C=O) groups excluding carboxylic acids is 1. The molecular formula is C16H17BrN2O3. The number of methoxy groups -OCH3 is 2. The zero-order chi connectivity index (χ0) is 15.9. The van der Waals surface area contributed by atoms with Crippen molar-refractivity contribution in [1.29, 1.82) is 0 Å². The molecule has 0 aliphatic carbocycles. The molecule has 0 heterocycles. The molecule has 0 atom stereocenters. The van der Waals surface area contributed by atoms with Crippen molar-refractivity contribution in [3.63, 3.8) is 0 Å². The Morgan fingerprint density at radius 3 is 2.55 bits per heavy atom. The number of benzene rings is 2. The van der Waals surface area contributed by atoms with Gasteiger partial charge in [0.15, 0.2) is 0 Å². The largest absolute Gasteiger partial charge is 0.497 e. The van der Waals surface area contributed by atoms with Gasteiger partial charge in [-0.15, -0.1) is 0 Å². The van der Waals surface area contributed by atoms with E-state index in [1.165, 1.54) is 0 Å². The molecule has 0 unspecified atom stereocenters. The molecule has 0 aromatic heterocycles. The lowest BCUT2D eigenvalue weighted by Crippen LogP contribution is -2.22. The second kappa shape index (κ2) is 7.70. The average molecular weight is 365 g/mol. The highest BCUT2D eigenvalue weighted by Crippen LogP contribution is 2.29. The molecular weight excluding hydrogens is 348 g/mol. The molecule has 2 aromatic carbocycles. The molecule has 5 nitrogen and oxygen atoms in total. The van der Waals surface area contributed by atoms with Crippen molar-refractivity contribution < 1.29 is 14.3 Å². The highest BCUT2D eigenvalue weighted by atomic mass is 79.9. The zero-order valence-corrected chi connectivity index (χ0v) is 13.9. The van der Waals surface area contributed by atoms with Crippen LogP contribution in [0.2, 0.25) is 0 Å². The van der Waals surface area contributed by atoms with Crippen molar-refractivity contribution in [3.8, 4) is 11.5 Å². The predicted octanol–water partition coefficient (Wildman–Crippen LogP) is 3.52. The van der Waals surface area contributed by atoms with Crippen molar-refractivity contribution in [3.05, 3.63) is 46.9 Å². The molecule has 6 heteroatoms. The van der Waals surface area contributed by atoms with Gasteiger partial charge < -0.3 is 20.1 Å². The molecule has 0 saturated carbocycles. The molecule has 22 heavy (non-hydrogen) atoms. The number of carbonyl (C=O) groups is 1. The second-order valence-corrected chi connectivity index (χ2v) is 5.30. The minimum Gasteiger partial charge on any atom is -0.497 e. The van der Waals surface area contributed by atoms with Crippen molar-refractivity contribution in [1.82, 2.24) is 0 Å². The first kappa shape index (κ1) is 16.2. The first-order valence-corrected chi connectivity index (χ1v) is 7.43. The molecule has 1 amide bonds. The summed E-state index contributed by atoms with van der Waals surface area (Å²) in [5.74, 6) is 1.05. The fourth-order valence-electron chi connectivity index (χ4n) is 1.88. The van der Waals surface area contributed by atoms with Gasteiger partial charge in [-0.05, 0) is 40.2 Å². The summed E-state index contributed by atoms with van der Waals surface area (Å²) in [7, 11) is 3.12. The lowest BCUT2D eigenvalue weighted by Gasteiger charge is -2.12. The van der Waals surface area contributed by atoms with Crippen molar-refractivity contribution in [2.24, 2.45) is 0 Å². The first-order valence-electron chi connectivity index (χ1n) is 6.64. The Morgan fingerprint density at radius 2 is 1.86 bits per heavy atom. The number of rotatable bonds is 6. The van der Waals surface area contributed by atoms with Crippen LogP contribution in [-0.2, 0) is 4.79 Å². The third-order valence-electron chi connectivity index (χ3n) is 3.00. The smallest absolute Gasteiger partial charge is 0.243 e. The molecule has 0 saturated heterocycles. The quantitative estimate of drug-likeness (QED) is 0.823. The van der Waals surface area contributed by atoms with Crippen LogP contribution in [0.15, 0.2) is 46.9 Å². The van der Waals surface area contributed by atoms with Gasteiger partial charge in [-0.3, -0.25) is 4.79 Å². The van der Waals surface area contributed by atoms with Gasteiger partial charge in [-0.2, -0.15) is 0 Å². The number of halogens is 1. The van der Waals surface area contributed by atoms with Crippen molar-refractivity contribution >= 4 is 33.2 Å². The van der Waals surface area contributed by atoms with Crippen LogP contribution in [-0.4, -0.2) is 26.7 Å². The average Bonchev–Trinajstić information content (AvgIpc) is 2.54. The maximum absolute atomic E-state index is 12.0. The third-order valence-corrected chi connectivity index (χ3v) is 3.69. The Hall–Kier alpha value is -2.21. The maximum Gasteiger partial charge on any atom is 0.243 e. The fraction of sp³-hybridized carbons (Fsp3) is 0.188. The predicted molar refractivity (Wildman–Crippen MR) is 90.8 cm³/mol. The van der Waals surface area contributed by atoms with Crippen LogP contribution in [0, 0.1) is 0 Å². The molecule has 116 valence electrons. The van der Waals surface area contributed by atoms with Crippen LogP contribution < -0.4 is 20.1 Å². The van der Waals surface area contributed by atoms with E-state index in [2.05, 4.69) is 26.6 Å². The molecule has 0 aliphatic heterocycles. The minimum atomic E-state index is -0.167. The Morgan fingerprint density at radius 1 is 1.09 bits per heavy atom. The molecule has 2 N–H and O–H groups in total. The van der Waals surface area contributed by atoms with E-state index in [4.69, 9.17) is 9.47 Å². The molecule has 0 bridgehead atoms. The van der Waals surface area contributed by atoms with Crippen molar-refractivity contribution in [2.75, 3.05) is 31.4 Å². The highest BCUT2D eigenvalue weighted by Gasteiger charge is 2.09. The van der Waals surface area contributed by atoms with Crippen LogP contribution in [0.3, 0.4) is 0 Å². The van der Waals surface area contributed by atoms with Gasteiger partial charge in [0.05, 0.1) is 26.5 Å². The van der Waals surface area contributed by atoms with E-state index in [1.807, 2.05) is 24.3 Å². The number of nitrogens with one attached hydrogen (secondary N) is 2. The van der Waals surface area contributed by atoms with E-state index in [-0.39, 0.29) is 12.5 Å². The SMILES string of the molecule is COc1ccc(NC(=O)CNc2ccccc2Br)c(OC)c1. The fourth-order valence-corrected chi connectivity index (χ4v) is 2.30. The van der Waals surface area contributed by atoms with Gasteiger partial charge in [0.2, 0.25) is 5.91 Å². The van der Waals surface area contributed by atoms with Crippen LogP contribution >= 0.6 is 15.9 Å². The summed E-state index contributed by atoms with van der Waals surface area (Å²) < 4.78 is 11.3. The topological polar surface area (TPSA) is 59.6 Å². The summed E-state index contributed by atoms with van der Waals surface area (Å²) in [5.41, 5.74) is 1.46. The standard InChI is InChI=1S/C16H17BrN2O3/c1-21-11-7-8-14(15(9-11)22-2)19-16(20)10-18-13-6-4-3-5-12(13)17/h3-9,18H,10H2,1-2H3,(H,19,20). The number of hydrogen-bond acceptors (Lipinski definition) is 4. The first-order chi connectivity index (χ1) is 10.6. The summed E-state index contributed by atoms with van der Waals surface area (Å²) >= 11 is 3.42. The maximum atomic E-state index is 12.0. The van der Waals surface area contributed by atoms with E-state index in [0.29, 0.717) is 17.2 Å². The molecule has 0 spiro atoms. The van der Waals surface area contributed by atoms with Gasteiger partial charge in [0.25, 0.3) is 0 Å². The summed E-state index contributed by atoms with van der Waals surface area (Å²) in [6.45, 7) is 0.151. The van der Waals surface area contributed by atoms with Crippen LogP contribution in [0.5, 0.6) is 11.5 Å². The van der Waals surface area contributed by atoms with E-state index < -0.39 is 0 Å². The normalized spacial score (nSPS) is 9.95. The van der Waals surface area contributed by atoms with E-state index in [9.17, 15) is 4.79 Å². The minimum absolute atomic E-state index is 0.151. The Bertz CT molecular complexity index is 662. The van der Waals surface area contributed by atoms with E-state index >= 15 is 0 Å². The summed E-state index contributed by atoms with van der Waals surface area (Å²) in [5, 5.41) is 5.87. The van der Waals surface area contributed by atoms with E-state index in [1.54, 1.807) is 32.4 Å². The highest BCUT2D eigenvalue weighted by molar-refractivity contribution is 9.10. The van der Waals surface area contributed by atoms with Gasteiger partial charge in [0.1, 0.15) is 11.5 Å². The summed E-state index contributed by atoms with van der Waals surface area (Å²) in [4.78, 5) is 12.0. The Labute approximate surface area is 137 Å². The van der Waals surface area contributed by atoms with Crippen molar-refractivity contribution in [2.45, 2.75) is 0 Å². The van der Waals surface area contributed by atoms with Crippen LogP contribution in [0.25, 0.3) is 0 Å². The lowest BCUT2D eigenvalue weighted by atomic mass is 10.2. The number of anilines is 2. The molecule has 0 aliphatic rings. The zero-order valence-electron chi connectivity index (χ0n) is 12.4. The summed E-state index contributed by atoms with van der Waals surface area (Å²) in [6.07, 6.45) is 0. The number of ether oxygens (including phenoxy) is 2. The molecule has 2 aromatic rings. The van der Waals surface area contributed by atoms with Gasteiger partial charge in [-0.25, -0.2) is 0 Å². The van der Waals surface area contributed by atoms with Crippen LogP contribution in [0.1, 0.15) is 0 Å². The molecule has 0 fully saturated rings. The van der Waals surface area contributed by atoms with Gasteiger partial charge >= 0.3 is 0 Å². The lowest BCUT2D eigenvalue weighted by molar-refractivity contribution is -0.114. The van der Waals surface area contributed by atoms with Crippen LogP contribution in [0.4, 0.5) is 11.4 Å².